The molecule has 0 saturated heterocycles. The molecule has 1 heterocycles. The molecule has 0 fully saturated rings. The Balaban J connectivity index is 0.000000159. The Morgan fingerprint density at radius 2 is 1.74 bits per heavy atom. The second-order valence-corrected chi connectivity index (χ2v) is 7.00. The minimum atomic E-state index is -4.28. The van der Waals surface area contributed by atoms with Gasteiger partial charge in [0.05, 0.1) is 9.82 Å². The van der Waals surface area contributed by atoms with Gasteiger partial charge in [-0.05, 0) is 23.6 Å². The number of anilines is 1. The summed E-state index contributed by atoms with van der Waals surface area (Å²) >= 11 is 0. The van der Waals surface area contributed by atoms with Crippen molar-refractivity contribution in [2.45, 2.75) is 4.90 Å². The Kier molecular flexibility index (Phi) is 4.52. The second kappa shape index (κ2) is 6.67. The quantitative estimate of drug-likeness (QED) is 0.347. The number of nitro groups is 1. The van der Waals surface area contributed by atoms with E-state index in [1.165, 1.54) is 24.3 Å². The second-order valence-electron chi connectivity index (χ2n) is 5.58. The first-order valence-corrected chi connectivity index (χ1v) is 8.90. The molecular formula is C17H12N2O7S. The Hall–Kier alpha value is -3.50. The molecule has 3 aromatic rings. The average molecular weight is 388 g/mol. The Morgan fingerprint density at radius 3 is 2.41 bits per heavy atom. The molecule has 138 valence electrons. The summed E-state index contributed by atoms with van der Waals surface area (Å²) in [6.45, 7) is 0. The third-order valence-electron chi connectivity index (χ3n) is 3.81. The van der Waals surface area contributed by atoms with E-state index >= 15 is 0 Å². The third-order valence-corrected chi connectivity index (χ3v) is 4.64. The molecular weight excluding hydrogens is 376 g/mol. The largest absolute Gasteiger partial charge is 0.507 e. The highest BCUT2D eigenvalue weighted by Crippen LogP contribution is 2.29. The highest BCUT2D eigenvalue weighted by molar-refractivity contribution is 7.85. The van der Waals surface area contributed by atoms with Crippen LogP contribution in [0.4, 0.5) is 11.4 Å². The van der Waals surface area contributed by atoms with E-state index in [1.54, 1.807) is 24.3 Å². The summed E-state index contributed by atoms with van der Waals surface area (Å²) in [6.07, 6.45) is 0. The van der Waals surface area contributed by atoms with Gasteiger partial charge in [-0.2, -0.15) is 8.42 Å². The summed E-state index contributed by atoms with van der Waals surface area (Å²) in [5.41, 5.74) is 0.604. The number of nitrogens with one attached hydrogen (secondary N) is 1. The molecule has 0 radical (unpaired) electrons. The molecule has 9 nitrogen and oxygen atoms in total. The first kappa shape index (κ1) is 18.3. The van der Waals surface area contributed by atoms with Crippen LogP contribution in [0.2, 0.25) is 0 Å². The summed E-state index contributed by atoms with van der Waals surface area (Å²) in [7, 11) is -4.28. The number of nitrogens with zero attached hydrogens (tertiary/aromatic N) is 1. The maximum Gasteiger partial charge on any atom is 0.294 e. The molecule has 4 rings (SSSR count). The number of hydrogen-bond donors (Lipinski definition) is 3. The lowest BCUT2D eigenvalue weighted by molar-refractivity contribution is -0.385. The molecule has 0 unspecified atom stereocenters. The Morgan fingerprint density at radius 1 is 1.04 bits per heavy atom. The zero-order chi connectivity index (χ0) is 19.8. The lowest BCUT2D eigenvalue weighted by atomic mass is 10.1. The number of aromatic hydroxyl groups is 1. The van der Waals surface area contributed by atoms with Crippen molar-refractivity contribution in [1.82, 2.24) is 0 Å². The molecule has 2 bridgehead atoms. The van der Waals surface area contributed by atoms with E-state index < -0.39 is 20.9 Å². The summed E-state index contributed by atoms with van der Waals surface area (Å²) < 4.78 is 30.6. The van der Waals surface area contributed by atoms with Gasteiger partial charge in [0.1, 0.15) is 11.3 Å². The van der Waals surface area contributed by atoms with Crippen LogP contribution in [0.15, 0.2) is 59.5 Å². The summed E-state index contributed by atoms with van der Waals surface area (Å²) in [6, 6.07) is 13.4. The minimum absolute atomic E-state index is 0.137. The number of benzene rings is 3. The predicted molar refractivity (Wildman–Crippen MR) is 96.5 cm³/mol. The van der Waals surface area contributed by atoms with Gasteiger partial charge in [0.15, 0.2) is 0 Å². The number of carbonyl (C=O) groups excluding carboxylic acids is 1. The van der Waals surface area contributed by atoms with Crippen molar-refractivity contribution in [3.63, 3.8) is 0 Å². The molecule has 10 heteroatoms. The molecule has 27 heavy (non-hydrogen) atoms. The molecule has 0 aromatic heterocycles. The summed E-state index contributed by atoms with van der Waals surface area (Å²) in [4.78, 5) is 20.5. The van der Waals surface area contributed by atoms with Gasteiger partial charge < -0.3 is 10.4 Å². The van der Waals surface area contributed by atoms with Gasteiger partial charge in [0.25, 0.3) is 21.7 Å². The van der Waals surface area contributed by atoms with Gasteiger partial charge in [0, 0.05) is 23.2 Å². The maximum atomic E-state index is 11.0. The molecule has 3 N–H and O–H groups in total. The van der Waals surface area contributed by atoms with Crippen LogP contribution in [0, 0.1) is 10.1 Å². The lowest BCUT2D eigenvalue weighted by Crippen LogP contribution is -2.05. The molecule has 0 atom stereocenters. The van der Waals surface area contributed by atoms with Crippen LogP contribution >= 0.6 is 0 Å². The Labute approximate surface area is 152 Å². The highest BCUT2D eigenvalue weighted by atomic mass is 32.2. The fourth-order valence-electron chi connectivity index (χ4n) is 2.57. The van der Waals surface area contributed by atoms with Crippen molar-refractivity contribution in [3.05, 3.63) is 70.3 Å². The van der Waals surface area contributed by atoms with E-state index in [1.807, 2.05) is 0 Å². The fraction of sp³-hybridized carbons (Fsp3) is 0. The van der Waals surface area contributed by atoms with Crippen LogP contribution in [-0.4, -0.2) is 28.9 Å². The first-order chi connectivity index (χ1) is 12.7. The SMILES string of the molecule is O=C1Nc2ccc([N+](=O)[O-])c1c2.O=S(=O)(O)c1cc(O)c2ccccc2c1. The molecule has 1 aliphatic heterocycles. The van der Waals surface area contributed by atoms with E-state index in [9.17, 15) is 28.4 Å². The topological polar surface area (TPSA) is 147 Å². The molecule has 0 spiro atoms. The van der Waals surface area contributed by atoms with Gasteiger partial charge in [-0.25, -0.2) is 0 Å². The molecule has 1 aliphatic rings. The van der Waals surface area contributed by atoms with Crippen LogP contribution < -0.4 is 5.32 Å². The van der Waals surface area contributed by atoms with E-state index in [0.29, 0.717) is 16.5 Å². The highest BCUT2D eigenvalue weighted by Gasteiger charge is 2.25. The van der Waals surface area contributed by atoms with Crippen LogP contribution in [0.1, 0.15) is 10.4 Å². The minimum Gasteiger partial charge on any atom is -0.507 e. The molecule has 0 aliphatic carbocycles. The van der Waals surface area contributed by atoms with Gasteiger partial charge in [-0.3, -0.25) is 19.5 Å². The number of amides is 1. The van der Waals surface area contributed by atoms with Crippen LogP contribution in [0.25, 0.3) is 10.8 Å². The monoisotopic (exact) mass is 388 g/mol. The van der Waals surface area contributed by atoms with Crippen molar-refractivity contribution in [2.24, 2.45) is 0 Å². The normalized spacial score (nSPS) is 12.3. The fourth-order valence-corrected chi connectivity index (χ4v) is 3.10. The third kappa shape index (κ3) is 3.71. The maximum absolute atomic E-state index is 11.0. The van der Waals surface area contributed by atoms with Crippen LogP contribution in [0.3, 0.4) is 0 Å². The van der Waals surface area contributed by atoms with Crippen molar-refractivity contribution in [2.75, 3.05) is 5.32 Å². The first-order valence-electron chi connectivity index (χ1n) is 7.46. The number of rotatable bonds is 2. The van der Waals surface area contributed by atoms with Gasteiger partial charge in [0.2, 0.25) is 0 Å². The van der Waals surface area contributed by atoms with Gasteiger partial charge >= 0.3 is 0 Å². The average Bonchev–Trinajstić information content (AvgIpc) is 2.88. The van der Waals surface area contributed by atoms with Crippen LogP contribution in [0.5, 0.6) is 5.75 Å². The molecule has 3 aromatic carbocycles. The Bertz CT molecular complexity index is 1190. The van der Waals surface area contributed by atoms with Crippen molar-refractivity contribution in [3.8, 4) is 5.75 Å². The number of phenols is 1. The van der Waals surface area contributed by atoms with E-state index in [4.69, 9.17) is 4.55 Å². The number of fused-ring (bicyclic) bond motifs is 3. The van der Waals surface area contributed by atoms with Crippen molar-refractivity contribution in [1.29, 1.82) is 0 Å². The van der Waals surface area contributed by atoms with Crippen molar-refractivity contribution < 1.29 is 27.8 Å². The van der Waals surface area contributed by atoms with E-state index in [2.05, 4.69) is 5.32 Å². The number of phenolic OH excluding ortho intramolecular Hbond substituents is 1. The van der Waals surface area contributed by atoms with Crippen molar-refractivity contribution >= 4 is 38.2 Å². The summed E-state index contributed by atoms with van der Waals surface area (Å²) in [5.74, 6) is -0.567. The van der Waals surface area contributed by atoms with Gasteiger partial charge in [-0.1, -0.05) is 24.3 Å². The smallest absolute Gasteiger partial charge is 0.294 e. The lowest BCUT2D eigenvalue weighted by Gasteiger charge is -2.03. The van der Waals surface area contributed by atoms with Gasteiger partial charge in [-0.15, -0.1) is 0 Å². The summed E-state index contributed by atoms with van der Waals surface area (Å²) in [5, 5.41) is 23.5. The molecule has 1 amide bonds. The standard InChI is InChI=1S/C10H8O4S.C7H4N2O3/c11-10-6-8(15(12,13)14)5-7-3-1-2-4-9(7)10;10-7-5-3-4(8-7)1-2-6(5)9(11)12/h1-6,11H,(H,12,13,14);1-3H,(H,8,10). The zero-order valence-corrected chi connectivity index (χ0v) is 14.3. The predicted octanol–water partition coefficient (Wildman–Crippen LogP) is 2.95. The number of nitro benzene ring substituents is 1. The van der Waals surface area contributed by atoms with E-state index in [-0.39, 0.29) is 21.9 Å². The van der Waals surface area contributed by atoms with Crippen LogP contribution in [-0.2, 0) is 10.1 Å². The molecule has 0 saturated carbocycles. The number of carbonyl (C=O) groups is 1. The zero-order valence-electron chi connectivity index (χ0n) is 13.5. The number of hydrogen-bond acceptors (Lipinski definition) is 6. The van der Waals surface area contributed by atoms with E-state index in [0.717, 1.165) is 6.07 Å².